The summed E-state index contributed by atoms with van der Waals surface area (Å²) in [5.74, 6) is 0.503. The van der Waals surface area contributed by atoms with Gasteiger partial charge >= 0.3 is 0 Å². The lowest BCUT2D eigenvalue weighted by Gasteiger charge is -2.23. The molecule has 0 bridgehead atoms. The minimum absolute atomic E-state index is 0.306. The predicted molar refractivity (Wildman–Crippen MR) is 83.9 cm³/mol. The summed E-state index contributed by atoms with van der Waals surface area (Å²) in [6.45, 7) is 9.36. The van der Waals surface area contributed by atoms with Crippen LogP contribution in [0.4, 0.5) is 0 Å². The van der Waals surface area contributed by atoms with Gasteiger partial charge in [-0.25, -0.2) is 0 Å². The van der Waals surface area contributed by atoms with Gasteiger partial charge in [-0.3, -0.25) is 5.10 Å². The maximum atomic E-state index is 5.96. The van der Waals surface area contributed by atoms with Crippen LogP contribution in [-0.2, 0) is 6.54 Å². The van der Waals surface area contributed by atoms with Gasteiger partial charge in [0.15, 0.2) is 0 Å². The SMILES string of the molecule is Cc1n[nH]c(C)c1CNC(c1ccc(Cl)cc1)C(C)C. The van der Waals surface area contributed by atoms with E-state index in [4.69, 9.17) is 11.6 Å². The van der Waals surface area contributed by atoms with E-state index in [0.717, 1.165) is 23.0 Å². The third-order valence-electron chi connectivity index (χ3n) is 3.68. The zero-order valence-electron chi connectivity index (χ0n) is 12.5. The Morgan fingerprint density at radius 3 is 2.35 bits per heavy atom. The molecule has 0 aliphatic carbocycles. The first kappa shape index (κ1) is 15.1. The molecular formula is C16H22ClN3. The number of halogens is 1. The lowest BCUT2D eigenvalue weighted by molar-refractivity contribution is 0.410. The van der Waals surface area contributed by atoms with Gasteiger partial charge in [-0.2, -0.15) is 5.10 Å². The second-order valence-corrected chi connectivity index (χ2v) is 6.00. The van der Waals surface area contributed by atoms with Gasteiger partial charge in [0, 0.05) is 28.9 Å². The number of benzene rings is 1. The van der Waals surface area contributed by atoms with Crippen molar-refractivity contribution in [2.24, 2.45) is 5.92 Å². The molecule has 20 heavy (non-hydrogen) atoms. The first-order chi connectivity index (χ1) is 9.49. The number of nitrogens with one attached hydrogen (secondary N) is 2. The molecule has 2 aromatic rings. The Morgan fingerprint density at radius 2 is 1.85 bits per heavy atom. The fourth-order valence-electron chi connectivity index (χ4n) is 2.46. The molecule has 4 heteroatoms. The van der Waals surface area contributed by atoms with Gasteiger partial charge in [0.05, 0.1) is 5.69 Å². The Bertz CT molecular complexity index is 538. The summed E-state index contributed by atoms with van der Waals surface area (Å²) >= 11 is 5.96. The molecule has 1 unspecified atom stereocenters. The molecule has 0 fully saturated rings. The van der Waals surface area contributed by atoms with Crippen LogP contribution in [-0.4, -0.2) is 10.2 Å². The van der Waals surface area contributed by atoms with Crippen LogP contribution in [0.3, 0.4) is 0 Å². The molecule has 0 saturated heterocycles. The molecule has 0 spiro atoms. The van der Waals surface area contributed by atoms with Crippen molar-refractivity contribution in [1.82, 2.24) is 15.5 Å². The van der Waals surface area contributed by atoms with Crippen LogP contribution in [0.15, 0.2) is 24.3 Å². The molecule has 0 amide bonds. The standard InChI is InChI=1S/C16H22ClN3/c1-10(2)16(13-5-7-14(17)8-6-13)18-9-15-11(3)19-20-12(15)4/h5-8,10,16,18H,9H2,1-4H3,(H,19,20). The predicted octanol–water partition coefficient (Wildman–Crippen LogP) is 4.17. The maximum Gasteiger partial charge on any atom is 0.0638 e. The van der Waals surface area contributed by atoms with Crippen molar-refractivity contribution < 1.29 is 0 Å². The summed E-state index contributed by atoms with van der Waals surface area (Å²) in [4.78, 5) is 0. The highest BCUT2D eigenvalue weighted by Crippen LogP contribution is 2.24. The van der Waals surface area contributed by atoms with Crippen LogP contribution < -0.4 is 5.32 Å². The largest absolute Gasteiger partial charge is 0.305 e. The Kier molecular flexibility index (Phi) is 4.84. The summed E-state index contributed by atoms with van der Waals surface area (Å²) in [5.41, 5.74) is 4.72. The summed E-state index contributed by atoms with van der Waals surface area (Å²) in [6, 6.07) is 8.38. The van der Waals surface area contributed by atoms with Crippen LogP contribution in [0.1, 0.15) is 42.4 Å². The number of rotatable bonds is 5. The molecule has 0 aliphatic rings. The van der Waals surface area contributed by atoms with Crippen molar-refractivity contribution >= 4 is 11.6 Å². The van der Waals surface area contributed by atoms with Crippen LogP contribution in [0.5, 0.6) is 0 Å². The Balaban J connectivity index is 2.12. The zero-order chi connectivity index (χ0) is 14.7. The zero-order valence-corrected chi connectivity index (χ0v) is 13.3. The summed E-state index contributed by atoms with van der Waals surface area (Å²) in [5, 5.41) is 11.7. The molecule has 2 rings (SSSR count). The normalized spacial score (nSPS) is 12.9. The summed E-state index contributed by atoms with van der Waals surface area (Å²) in [7, 11) is 0. The second kappa shape index (κ2) is 6.42. The Hall–Kier alpha value is -1.32. The lowest BCUT2D eigenvalue weighted by atomic mass is 9.95. The van der Waals surface area contributed by atoms with E-state index in [9.17, 15) is 0 Å². The highest BCUT2D eigenvalue weighted by Gasteiger charge is 2.16. The minimum Gasteiger partial charge on any atom is -0.305 e. The van der Waals surface area contributed by atoms with Crippen LogP contribution in [0, 0.1) is 19.8 Å². The first-order valence-electron chi connectivity index (χ1n) is 6.98. The highest BCUT2D eigenvalue weighted by atomic mass is 35.5. The van der Waals surface area contributed by atoms with E-state index >= 15 is 0 Å². The smallest absolute Gasteiger partial charge is 0.0638 e. The summed E-state index contributed by atoms with van der Waals surface area (Å²) in [6.07, 6.45) is 0. The number of nitrogens with zero attached hydrogens (tertiary/aromatic N) is 1. The van der Waals surface area contributed by atoms with Gasteiger partial charge < -0.3 is 5.32 Å². The summed E-state index contributed by atoms with van der Waals surface area (Å²) < 4.78 is 0. The number of hydrogen-bond donors (Lipinski definition) is 2. The molecule has 0 radical (unpaired) electrons. The van der Waals surface area contributed by atoms with E-state index in [1.165, 1.54) is 11.1 Å². The van der Waals surface area contributed by atoms with Crippen molar-refractivity contribution in [1.29, 1.82) is 0 Å². The molecular weight excluding hydrogens is 270 g/mol. The van der Waals surface area contributed by atoms with Crippen molar-refractivity contribution in [3.05, 3.63) is 51.8 Å². The molecule has 108 valence electrons. The molecule has 1 aromatic carbocycles. The molecule has 2 N–H and O–H groups in total. The number of H-pyrrole nitrogens is 1. The van der Waals surface area contributed by atoms with Gasteiger partial charge in [-0.1, -0.05) is 37.6 Å². The second-order valence-electron chi connectivity index (χ2n) is 5.57. The average molecular weight is 292 g/mol. The Morgan fingerprint density at radius 1 is 1.20 bits per heavy atom. The van der Waals surface area contributed by atoms with Crippen molar-refractivity contribution in [3.63, 3.8) is 0 Å². The van der Waals surface area contributed by atoms with E-state index < -0.39 is 0 Å². The third kappa shape index (κ3) is 3.41. The van der Waals surface area contributed by atoms with Crippen LogP contribution in [0.2, 0.25) is 5.02 Å². The van der Waals surface area contributed by atoms with Crippen molar-refractivity contribution in [2.45, 2.75) is 40.3 Å². The van der Waals surface area contributed by atoms with E-state index in [2.05, 4.69) is 48.4 Å². The molecule has 1 aromatic heterocycles. The van der Waals surface area contributed by atoms with Gasteiger partial charge in [-0.15, -0.1) is 0 Å². The van der Waals surface area contributed by atoms with Gasteiger partial charge in [0.1, 0.15) is 0 Å². The van der Waals surface area contributed by atoms with E-state index in [0.29, 0.717) is 12.0 Å². The third-order valence-corrected chi connectivity index (χ3v) is 3.93. The van der Waals surface area contributed by atoms with Gasteiger partial charge in [-0.05, 0) is 37.5 Å². The molecule has 1 heterocycles. The van der Waals surface area contributed by atoms with Crippen LogP contribution in [0.25, 0.3) is 0 Å². The minimum atomic E-state index is 0.306. The Labute approximate surface area is 125 Å². The fourth-order valence-corrected chi connectivity index (χ4v) is 2.58. The quantitative estimate of drug-likeness (QED) is 0.868. The van der Waals surface area contributed by atoms with E-state index in [1.807, 2.05) is 19.1 Å². The monoisotopic (exact) mass is 291 g/mol. The first-order valence-corrected chi connectivity index (χ1v) is 7.36. The maximum absolute atomic E-state index is 5.96. The van der Waals surface area contributed by atoms with Crippen molar-refractivity contribution in [3.8, 4) is 0 Å². The number of hydrogen-bond acceptors (Lipinski definition) is 2. The van der Waals surface area contributed by atoms with Crippen molar-refractivity contribution in [2.75, 3.05) is 0 Å². The molecule has 1 atom stereocenters. The number of aromatic nitrogens is 2. The van der Waals surface area contributed by atoms with E-state index in [-0.39, 0.29) is 0 Å². The average Bonchev–Trinajstić information content (AvgIpc) is 2.72. The fraction of sp³-hybridized carbons (Fsp3) is 0.438. The molecule has 0 aliphatic heterocycles. The van der Waals surface area contributed by atoms with Gasteiger partial charge in [0.25, 0.3) is 0 Å². The number of aromatic amines is 1. The van der Waals surface area contributed by atoms with Crippen LogP contribution >= 0.6 is 11.6 Å². The lowest BCUT2D eigenvalue weighted by Crippen LogP contribution is -2.25. The molecule has 3 nitrogen and oxygen atoms in total. The molecule has 0 saturated carbocycles. The topological polar surface area (TPSA) is 40.7 Å². The number of aryl methyl sites for hydroxylation is 2. The highest BCUT2D eigenvalue weighted by molar-refractivity contribution is 6.30. The van der Waals surface area contributed by atoms with Gasteiger partial charge in [0.2, 0.25) is 0 Å². The van der Waals surface area contributed by atoms with E-state index in [1.54, 1.807) is 0 Å².